The quantitative estimate of drug-likeness (QED) is 0.0283. The Morgan fingerprint density at radius 2 is 1.81 bits per heavy atom. The third kappa shape index (κ3) is 9.82. The lowest BCUT2D eigenvalue weighted by Gasteiger charge is -2.35. The van der Waals surface area contributed by atoms with E-state index in [1.807, 2.05) is 0 Å². The summed E-state index contributed by atoms with van der Waals surface area (Å²) >= 11 is 0. The number of nitrogens with zero attached hydrogens (tertiary/aromatic N) is 7. The maximum Gasteiger partial charge on any atom is 0.409 e. The van der Waals surface area contributed by atoms with E-state index >= 15 is 8.78 Å². The number of terminal acetylenes is 1. The molecular weight excluding hydrogens is 987 g/mol. The number of nitrogens with one attached hydrogen (secondary N) is 3. The first kappa shape index (κ1) is 51.5. The SMILES string of the molecule is C#Cc1c(F)ccc2cccc(-c3ncc4c(N5CC6CCC(C5)N6)nc(OCC56CCC(COC(=O)N7CCC(CCCNc8ccc9c(c8)C(=O)N(C(CCC=O)C(=O)NC)C9=O)CC7)N5CC(=C)C6)nc4c3F)c12. The number of imide groups is 1. The van der Waals surface area contributed by atoms with E-state index in [9.17, 15) is 24.0 Å². The van der Waals surface area contributed by atoms with Crippen LogP contribution in [0.15, 0.2) is 66.9 Å². The molecule has 0 saturated carbocycles. The highest BCUT2D eigenvalue weighted by atomic mass is 19.1. The number of carbonyl (C=O) groups is 5. The lowest BCUT2D eigenvalue weighted by molar-refractivity contribution is -0.124. The molecule has 8 heterocycles. The number of fused-ring (bicyclic) bond motifs is 6. The number of hydrogen-bond acceptors (Lipinski definition) is 14. The second kappa shape index (κ2) is 21.5. The van der Waals surface area contributed by atoms with Crippen LogP contribution in [0.5, 0.6) is 6.01 Å². The van der Waals surface area contributed by atoms with Crippen molar-refractivity contribution in [2.24, 2.45) is 5.92 Å². The Labute approximate surface area is 445 Å². The highest BCUT2D eigenvalue weighted by Crippen LogP contribution is 2.45. The number of rotatable bonds is 17. The second-order valence-electron chi connectivity index (χ2n) is 21.5. The molecule has 0 spiro atoms. The first-order valence-electron chi connectivity index (χ1n) is 26.8. The number of likely N-dealkylation sites (tertiary alicyclic amines) is 1. The van der Waals surface area contributed by atoms with Crippen LogP contribution in [0.1, 0.15) is 96.9 Å². The van der Waals surface area contributed by atoms with E-state index in [4.69, 9.17) is 25.9 Å². The number of anilines is 2. The van der Waals surface area contributed by atoms with Gasteiger partial charge in [0.2, 0.25) is 5.91 Å². The van der Waals surface area contributed by atoms with E-state index in [2.05, 4.69) is 43.2 Å². The summed E-state index contributed by atoms with van der Waals surface area (Å²) in [6.45, 7) is 8.60. The lowest BCUT2D eigenvalue weighted by Crippen LogP contribution is -2.51. The zero-order chi connectivity index (χ0) is 53.5. The number of carbonyl (C=O) groups excluding carboxylic acids is 5. The second-order valence-corrected chi connectivity index (χ2v) is 21.5. The number of likely N-dealkylation sites (N-methyl/N-ethyl adjacent to an activating group) is 1. The highest BCUT2D eigenvalue weighted by Gasteiger charge is 2.52. The van der Waals surface area contributed by atoms with Gasteiger partial charge in [-0.1, -0.05) is 42.3 Å². The van der Waals surface area contributed by atoms with Gasteiger partial charge in [0.1, 0.15) is 48.4 Å². The molecular formula is C58H62F2N10O7. The molecule has 0 aliphatic carbocycles. The Morgan fingerprint density at radius 3 is 2.57 bits per heavy atom. The van der Waals surface area contributed by atoms with E-state index in [-0.39, 0.29) is 84.2 Å². The molecule has 17 nitrogen and oxygen atoms in total. The van der Waals surface area contributed by atoms with Gasteiger partial charge in [0.15, 0.2) is 5.82 Å². The Morgan fingerprint density at radius 1 is 1.01 bits per heavy atom. The fraction of sp³-hybridized carbons (Fsp3) is 0.448. The summed E-state index contributed by atoms with van der Waals surface area (Å²) in [6.07, 6.45) is 15.6. The van der Waals surface area contributed by atoms with E-state index < -0.39 is 40.9 Å². The van der Waals surface area contributed by atoms with Crippen LogP contribution in [0, 0.1) is 29.9 Å². The number of hydrogen-bond donors (Lipinski definition) is 3. The van der Waals surface area contributed by atoms with Gasteiger partial charge in [0, 0.05) is 93.7 Å². The number of aldehydes is 1. The van der Waals surface area contributed by atoms with Crippen LogP contribution in [0.3, 0.4) is 0 Å². The molecule has 5 fully saturated rings. The number of ether oxygens (including phenoxy) is 2. The van der Waals surface area contributed by atoms with Gasteiger partial charge in [0.05, 0.1) is 27.6 Å². The Balaban J connectivity index is 0.702. The Bertz CT molecular complexity index is 3240. The van der Waals surface area contributed by atoms with Crippen molar-refractivity contribution in [2.75, 3.05) is 69.7 Å². The van der Waals surface area contributed by atoms with Crippen molar-refractivity contribution in [3.63, 3.8) is 0 Å². The monoisotopic (exact) mass is 1050 g/mol. The Hall–Kier alpha value is -7.56. The van der Waals surface area contributed by atoms with E-state index in [0.29, 0.717) is 91.1 Å². The zero-order valence-corrected chi connectivity index (χ0v) is 43.1. The summed E-state index contributed by atoms with van der Waals surface area (Å²) in [5.41, 5.74) is 2.15. The van der Waals surface area contributed by atoms with Crippen LogP contribution in [0.4, 0.5) is 25.1 Å². The summed E-state index contributed by atoms with van der Waals surface area (Å²) in [5, 5.41) is 11.0. The topological polar surface area (TPSA) is 192 Å². The summed E-state index contributed by atoms with van der Waals surface area (Å²) in [6, 6.07) is 12.6. The molecule has 6 aliphatic rings. The van der Waals surface area contributed by atoms with Crippen LogP contribution >= 0.6 is 0 Å². The molecule has 6 aliphatic heterocycles. The van der Waals surface area contributed by atoms with Crippen LogP contribution in [0.25, 0.3) is 32.9 Å². The molecule has 19 heteroatoms. The van der Waals surface area contributed by atoms with Crippen molar-refractivity contribution in [2.45, 2.75) is 100 Å². The number of piperazine rings is 1. The summed E-state index contributed by atoms with van der Waals surface area (Å²) in [4.78, 5) is 85.3. The smallest absolute Gasteiger partial charge is 0.409 e. The normalized spacial score (nSPS) is 22.6. The minimum Gasteiger partial charge on any atom is -0.461 e. The Kier molecular flexibility index (Phi) is 14.4. The molecule has 3 N–H and O–H groups in total. The van der Waals surface area contributed by atoms with Gasteiger partial charge >= 0.3 is 12.1 Å². The van der Waals surface area contributed by atoms with Gasteiger partial charge in [-0.2, -0.15) is 9.97 Å². The number of amides is 4. The van der Waals surface area contributed by atoms with Crippen molar-refractivity contribution in [3.8, 4) is 29.6 Å². The maximum atomic E-state index is 17.2. The highest BCUT2D eigenvalue weighted by molar-refractivity contribution is 6.23. The van der Waals surface area contributed by atoms with E-state index in [0.717, 1.165) is 61.8 Å². The van der Waals surface area contributed by atoms with Crippen LogP contribution in [-0.2, 0) is 14.3 Å². The molecule has 2 aromatic heterocycles. The van der Waals surface area contributed by atoms with Gasteiger partial charge in [-0.05, 0) is 99.8 Å². The standard InChI is InChI=1S/C58H62F2N10O7/c1-4-41-46(59)17-12-36-9-5-10-43(48(36)41)50-49(60)51-45(28-63-50)52(68-30-38-13-14-39(31-68)64-38)66-56(65-51)77-33-58-21-18-40(69(58)29-34(2)27-58)32-76-57(75)67-23-19-35(20-24-67)8-6-22-62-37-15-16-42-44(26-37)55(74)70(54(42)73)47(11-7-25-71)53(72)61-3/h1,5,9-10,12,15-17,25-26,28,35,38-40,47,62,64H,2,6-8,11,13-14,18-24,27,29-33H2,3H3,(H,61,72). The van der Waals surface area contributed by atoms with Crippen molar-refractivity contribution in [1.82, 2.24) is 40.3 Å². The number of halogens is 2. The van der Waals surface area contributed by atoms with E-state index in [1.54, 1.807) is 53.6 Å². The first-order valence-corrected chi connectivity index (χ1v) is 26.8. The van der Waals surface area contributed by atoms with Gasteiger partial charge in [-0.25, -0.2) is 13.6 Å². The van der Waals surface area contributed by atoms with Gasteiger partial charge in [-0.3, -0.25) is 29.2 Å². The molecule has 400 valence electrons. The molecule has 3 aromatic carbocycles. The van der Waals surface area contributed by atoms with Crippen molar-refractivity contribution >= 4 is 63.3 Å². The zero-order valence-electron chi connectivity index (χ0n) is 43.1. The van der Waals surface area contributed by atoms with Crippen LogP contribution in [-0.4, -0.2) is 149 Å². The van der Waals surface area contributed by atoms with Crippen LogP contribution < -0.4 is 25.6 Å². The fourth-order valence-electron chi connectivity index (χ4n) is 12.8. The third-order valence-corrected chi connectivity index (χ3v) is 16.7. The predicted octanol–water partition coefficient (Wildman–Crippen LogP) is 7.02. The molecule has 77 heavy (non-hydrogen) atoms. The van der Waals surface area contributed by atoms with Gasteiger partial charge in [0.25, 0.3) is 11.8 Å². The molecule has 2 bridgehead atoms. The van der Waals surface area contributed by atoms with E-state index in [1.165, 1.54) is 13.1 Å². The average molecular weight is 1050 g/mol. The van der Waals surface area contributed by atoms with Crippen molar-refractivity contribution in [1.29, 1.82) is 0 Å². The minimum atomic E-state index is -1.07. The molecule has 4 amide bonds. The largest absolute Gasteiger partial charge is 0.461 e. The van der Waals surface area contributed by atoms with Crippen molar-refractivity contribution < 1.29 is 42.2 Å². The molecule has 5 aromatic rings. The third-order valence-electron chi connectivity index (χ3n) is 16.7. The summed E-state index contributed by atoms with van der Waals surface area (Å²) in [7, 11) is 1.42. The van der Waals surface area contributed by atoms with Crippen LogP contribution in [0.2, 0.25) is 0 Å². The maximum absolute atomic E-state index is 17.2. The number of benzene rings is 3. The molecule has 0 radical (unpaired) electrons. The average Bonchev–Trinajstić information content (AvgIpc) is 4.30. The van der Waals surface area contributed by atoms with Crippen molar-refractivity contribution in [3.05, 3.63) is 95.2 Å². The molecule has 11 rings (SSSR count). The predicted molar refractivity (Wildman–Crippen MR) is 285 cm³/mol. The number of aromatic nitrogens is 3. The number of piperidine rings is 1. The van der Waals surface area contributed by atoms with Gasteiger partial charge in [-0.15, -0.1) is 6.42 Å². The molecule has 5 unspecified atom stereocenters. The fourth-order valence-corrected chi connectivity index (χ4v) is 12.8. The first-order chi connectivity index (χ1) is 37.4. The van der Waals surface area contributed by atoms with Gasteiger partial charge < -0.3 is 40.0 Å². The summed E-state index contributed by atoms with van der Waals surface area (Å²) < 4.78 is 44.9. The molecule has 5 saturated heterocycles. The molecule has 5 atom stereocenters. The number of pyridine rings is 1. The lowest BCUT2D eigenvalue weighted by atomic mass is 9.92. The summed E-state index contributed by atoms with van der Waals surface area (Å²) in [5.74, 6) is 0.541. The minimum absolute atomic E-state index is 0.00635.